The monoisotopic (exact) mass is 229 g/mol. The fourth-order valence-corrected chi connectivity index (χ4v) is 1.38. The van der Waals surface area contributed by atoms with Crippen LogP contribution in [0.5, 0.6) is 0 Å². The van der Waals surface area contributed by atoms with Gasteiger partial charge in [0.15, 0.2) is 0 Å². The molecule has 0 aliphatic rings. The van der Waals surface area contributed by atoms with Crippen LogP contribution in [0.25, 0.3) is 0 Å². The zero-order chi connectivity index (χ0) is 9.14. The zero-order valence-corrected chi connectivity index (χ0v) is 7.76. The lowest BCUT2D eigenvalue weighted by Crippen LogP contribution is -2.12. The Morgan fingerprint density at radius 3 is 2.58 bits per heavy atom. The van der Waals surface area contributed by atoms with Crippen molar-refractivity contribution in [1.29, 1.82) is 0 Å². The van der Waals surface area contributed by atoms with Gasteiger partial charge >= 0.3 is 0 Å². The van der Waals surface area contributed by atoms with Crippen molar-refractivity contribution in [3.05, 3.63) is 28.2 Å². The number of primary amides is 1. The number of benzene rings is 1. The van der Waals surface area contributed by atoms with E-state index >= 15 is 0 Å². The molecule has 0 spiro atoms. The Morgan fingerprint density at radius 2 is 2.17 bits per heavy atom. The summed E-state index contributed by atoms with van der Waals surface area (Å²) >= 11 is 3.19. The summed E-state index contributed by atoms with van der Waals surface area (Å²) in [5.74, 6) is 4.69. The van der Waals surface area contributed by atoms with Crippen molar-refractivity contribution in [2.45, 2.75) is 0 Å². The second-order valence-electron chi connectivity index (χ2n) is 2.20. The third-order valence-corrected chi connectivity index (χ3v) is 2.06. The summed E-state index contributed by atoms with van der Waals surface area (Å²) in [5, 5.41) is 0. The molecule has 0 fully saturated rings. The molecule has 0 aliphatic heterocycles. The van der Waals surface area contributed by atoms with E-state index in [0.29, 0.717) is 15.7 Å². The van der Waals surface area contributed by atoms with Crippen LogP contribution < -0.4 is 17.0 Å². The highest BCUT2D eigenvalue weighted by Crippen LogP contribution is 2.20. The highest BCUT2D eigenvalue weighted by molar-refractivity contribution is 9.10. The van der Waals surface area contributed by atoms with Gasteiger partial charge in [-0.25, -0.2) is 0 Å². The summed E-state index contributed by atoms with van der Waals surface area (Å²) in [5.41, 5.74) is 8.69. The molecule has 0 saturated heterocycles. The summed E-state index contributed by atoms with van der Waals surface area (Å²) in [6.07, 6.45) is 0. The number of nitrogen functional groups attached to an aromatic ring is 1. The molecule has 4 nitrogen and oxygen atoms in total. The minimum atomic E-state index is -0.467. The van der Waals surface area contributed by atoms with Crippen molar-refractivity contribution in [2.75, 3.05) is 5.43 Å². The number of nitrogens with one attached hydrogen (secondary N) is 1. The summed E-state index contributed by atoms with van der Waals surface area (Å²) in [7, 11) is 0. The molecule has 1 aromatic rings. The van der Waals surface area contributed by atoms with Crippen LogP contribution in [0.15, 0.2) is 22.7 Å². The standard InChI is InChI=1S/C7H8BrN3O/c8-6-3-4(11-10)1-2-5(6)7(9)12/h1-3,11H,10H2,(H2,9,12). The van der Waals surface area contributed by atoms with E-state index in [0.717, 1.165) is 0 Å². The highest BCUT2D eigenvalue weighted by Gasteiger charge is 2.05. The minimum absolute atomic E-state index is 0.439. The van der Waals surface area contributed by atoms with E-state index < -0.39 is 5.91 Å². The lowest BCUT2D eigenvalue weighted by Gasteiger charge is -2.02. The lowest BCUT2D eigenvalue weighted by atomic mass is 10.2. The third kappa shape index (κ3) is 1.75. The summed E-state index contributed by atoms with van der Waals surface area (Å²) in [6, 6.07) is 4.95. The van der Waals surface area contributed by atoms with Crippen LogP contribution in [-0.2, 0) is 0 Å². The van der Waals surface area contributed by atoms with Crippen molar-refractivity contribution < 1.29 is 4.79 Å². The van der Waals surface area contributed by atoms with Gasteiger partial charge in [-0.15, -0.1) is 0 Å². The number of halogens is 1. The molecular weight excluding hydrogens is 222 g/mol. The molecule has 0 unspecified atom stereocenters. The van der Waals surface area contributed by atoms with Crippen LogP contribution in [0.1, 0.15) is 10.4 Å². The van der Waals surface area contributed by atoms with Gasteiger partial charge in [-0.2, -0.15) is 0 Å². The molecule has 5 heteroatoms. The molecule has 64 valence electrons. The first kappa shape index (κ1) is 9.02. The van der Waals surface area contributed by atoms with E-state index in [1.807, 2.05) is 0 Å². The SMILES string of the molecule is NNc1ccc(C(N)=O)c(Br)c1. The summed E-state index contributed by atoms with van der Waals surface area (Å²) in [6.45, 7) is 0. The maximum atomic E-state index is 10.8. The normalized spacial score (nSPS) is 9.50. The molecule has 1 rings (SSSR count). The van der Waals surface area contributed by atoms with Crippen LogP contribution in [0, 0.1) is 0 Å². The van der Waals surface area contributed by atoms with Gasteiger partial charge in [-0.05, 0) is 34.1 Å². The van der Waals surface area contributed by atoms with Crippen molar-refractivity contribution in [1.82, 2.24) is 0 Å². The molecule has 1 amide bonds. The first-order valence-electron chi connectivity index (χ1n) is 3.21. The topological polar surface area (TPSA) is 81.1 Å². The van der Waals surface area contributed by atoms with E-state index in [2.05, 4.69) is 21.4 Å². The number of hydrogen-bond acceptors (Lipinski definition) is 3. The van der Waals surface area contributed by atoms with Gasteiger partial charge in [0, 0.05) is 10.2 Å². The van der Waals surface area contributed by atoms with Crippen LogP contribution in [0.3, 0.4) is 0 Å². The van der Waals surface area contributed by atoms with Gasteiger partial charge in [0.05, 0.1) is 5.56 Å². The molecule has 5 N–H and O–H groups in total. The van der Waals surface area contributed by atoms with Crippen molar-refractivity contribution in [3.63, 3.8) is 0 Å². The number of hydrogen-bond donors (Lipinski definition) is 3. The smallest absolute Gasteiger partial charge is 0.249 e. The maximum absolute atomic E-state index is 10.8. The van der Waals surface area contributed by atoms with Gasteiger partial charge in [0.25, 0.3) is 0 Å². The Hall–Kier alpha value is -1.07. The molecule has 0 radical (unpaired) electrons. The van der Waals surface area contributed by atoms with Crippen LogP contribution in [0.2, 0.25) is 0 Å². The van der Waals surface area contributed by atoms with E-state index in [4.69, 9.17) is 11.6 Å². The molecule has 12 heavy (non-hydrogen) atoms. The van der Waals surface area contributed by atoms with E-state index in [1.165, 1.54) is 0 Å². The Balaban J connectivity index is 3.12. The molecule has 0 saturated carbocycles. The Kier molecular flexibility index (Phi) is 2.67. The quantitative estimate of drug-likeness (QED) is 0.520. The van der Waals surface area contributed by atoms with E-state index in [-0.39, 0.29) is 0 Å². The van der Waals surface area contributed by atoms with Crippen molar-refractivity contribution in [2.24, 2.45) is 11.6 Å². The van der Waals surface area contributed by atoms with Crippen LogP contribution in [0.4, 0.5) is 5.69 Å². The lowest BCUT2D eigenvalue weighted by molar-refractivity contribution is 0.0999. The summed E-state index contributed by atoms with van der Waals surface area (Å²) < 4.78 is 0.630. The number of carbonyl (C=O) groups excluding carboxylic acids is 1. The summed E-state index contributed by atoms with van der Waals surface area (Å²) in [4.78, 5) is 10.8. The fourth-order valence-electron chi connectivity index (χ4n) is 0.805. The van der Waals surface area contributed by atoms with Crippen LogP contribution >= 0.6 is 15.9 Å². The molecule has 0 aliphatic carbocycles. The largest absolute Gasteiger partial charge is 0.366 e. The molecule has 1 aromatic carbocycles. The second kappa shape index (κ2) is 3.55. The number of carbonyl (C=O) groups is 1. The minimum Gasteiger partial charge on any atom is -0.366 e. The number of nitrogens with two attached hydrogens (primary N) is 2. The van der Waals surface area contributed by atoms with Gasteiger partial charge < -0.3 is 11.2 Å². The Bertz CT molecular complexity index is 314. The molecule has 0 atom stereocenters. The molecular formula is C7H8BrN3O. The Morgan fingerprint density at radius 1 is 1.50 bits per heavy atom. The fraction of sp³-hybridized carbons (Fsp3) is 0. The predicted octanol–water partition coefficient (Wildman–Crippen LogP) is 0.834. The average molecular weight is 230 g/mol. The van der Waals surface area contributed by atoms with Gasteiger partial charge in [-0.3, -0.25) is 10.6 Å². The van der Waals surface area contributed by atoms with Crippen molar-refractivity contribution >= 4 is 27.5 Å². The maximum Gasteiger partial charge on any atom is 0.249 e. The molecule has 0 aromatic heterocycles. The second-order valence-corrected chi connectivity index (χ2v) is 3.06. The van der Waals surface area contributed by atoms with Crippen LogP contribution in [-0.4, -0.2) is 5.91 Å². The Labute approximate surface area is 78.0 Å². The first-order chi connectivity index (χ1) is 5.65. The number of hydrazine groups is 1. The van der Waals surface area contributed by atoms with Gasteiger partial charge in [0.1, 0.15) is 0 Å². The predicted molar refractivity (Wildman–Crippen MR) is 50.5 cm³/mol. The third-order valence-electron chi connectivity index (χ3n) is 1.40. The van der Waals surface area contributed by atoms with E-state index in [9.17, 15) is 4.79 Å². The number of anilines is 1. The van der Waals surface area contributed by atoms with Gasteiger partial charge in [0.2, 0.25) is 5.91 Å². The first-order valence-corrected chi connectivity index (χ1v) is 4.00. The number of rotatable bonds is 2. The van der Waals surface area contributed by atoms with Crippen molar-refractivity contribution in [3.8, 4) is 0 Å². The zero-order valence-electron chi connectivity index (χ0n) is 6.17. The van der Waals surface area contributed by atoms with Gasteiger partial charge in [-0.1, -0.05) is 0 Å². The molecule has 0 bridgehead atoms. The van der Waals surface area contributed by atoms with E-state index in [1.54, 1.807) is 18.2 Å². The molecule has 0 heterocycles. The number of amides is 1. The average Bonchev–Trinajstić information content (AvgIpc) is 2.03. The highest BCUT2D eigenvalue weighted by atomic mass is 79.9.